The van der Waals surface area contributed by atoms with E-state index in [1.807, 2.05) is 48.5 Å². The average Bonchev–Trinajstić information content (AvgIpc) is 3.44. The Morgan fingerprint density at radius 2 is 0.559 bits per heavy atom. The Morgan fingerprint density at radius 3 is 0.774 bits per heavy atom. The Morgan fingerprint density at radius 1 is 0.280 bits per heavy atom. The van der Waals surface area contributed by atoms with Crippen LogP contribution in [0.3, 0.4) is 0 Å². The highest BCUT2D eigenvalue weighted by Gasteiger charge is 2.18. The Kier molecular flexibility index (Phi) is 68.4. The zero-order valence-electron chi connectivity index (χ0n) is 71.2. The van der Waals surface area contributed by atoms with E-state index in [-0.39, 0.29) is 58.6 Å². The molecule has 0 aliphatic heterocycles. The van der Waals surface area contributed by atoms with Crippen LogP contribution >= 0.6 is 0 Å². The van der Waals surface area contributed by atoms with Gasteiger partial charge in [0.25, 0.3) is 0 Å². The first kappa shape index (κ1) is 109. The third-order valence-corrected chi connectivity index (χ3v) is 13.1. The summed E-state index contributed by atoms with van der Waals surface area (Å²) in [7, 11) is 0. The van der Waals surface area contributed by atoms with Crippen LogP contribution in [0, 0.1) is 72.4 Å². The second kappa shape index (κ2) is 58.3. The molecule has 0 bridgehead atoms. The largest absolute Gasteiger partial charge is 0.466 e. The van der Waals surface area contributed by atoms with E-state index in [9.17, 15) is 24.0 Å². The molecule has 0 heterocycles. The molecular weight excluding hydrogens is 1160 g/mol. The van der Waals surface area contributed by atoms with Crippen molar-refractivity contribution in [1.29, 1.82) is 0 Å². The zero-order chi connectivity index (χ0) is 76.1. The summed E-state index contributed by atoms with van der Waals surface area (Å²) in [6.45, 7) is 90.6. The van der Waals surface area contributed by atoms with Gasteiger partial charge in [0, 0.05) is 19.3 Å². The Labute approximate surface area is 585 Å². The normalized spacial score (nSPS) is 12.2. The van der Waals surface area contributed by atoms with Crippen LogP contribution in [0.15, 0.2) is 0 Å². The molecule has 0 aromatic rings. The Hall–Kier alpha value is -2.65. The van der Waals surface area contributed by atoms with Gasteiger partial charge in [-0.05, 0) is 145 Å². The molecule has 0 aromatic carbocycles. The lowest BCUT2D eigenvalue weighted by Gasteiger charge is -2.20. The summed E-state index contributed by atoms with van der Waals surface area (Å²) in [5.74, 6) is 1.21. The first-order chi connectivity index (χ1) is 41.4. The minimum atomic E-state index is -0.103. The highest BCUT2D eigenvalue weighted by Crippen LogP contribution is 2.27. The number of hydrogen-bond donors (Lipinski definition) is 0. The molecule has 0 amide bonds. The summed E-state index contributed by atoms with van der Waals surface area (Å²) >= 11 is 0. The topological polar surface area (TPSA) is 132 Å². The number of esters is 5. The summed E-state index contributed by atoms with van der Waals surface area (Å²) in [5, 5.41) is 0. The van der Waals surface area contributed by atoms with Gasteiger partial charge in [-0.1, -0.05) is 303 Å². The molecule has 0 aromatic heterocycles. The third-order valence-electron chi connectivity index (χ3n) is 13.1. The Bertz CT molecular complexity index is 1710. The molecule has 1 atom stereocenters. The van der Waals surface area contributed by atoms with E-state index in [1.54, 1.807) is 6.92 Å². The maximum atomic E-state index is 11.0. The monoisotopic (exact) mass is 1330 g/mol. The van der Waals surface area contributed by atoms with E-state index < -0.39 is 0 Å². The van der Waals surface area contributed by atoms with Crippen LogP contribution in [0.1, 0.15) is 406 Å². The van der Waals surface area contributed by atoms with Crippen molar-refractivity contribution in [3.8, 4) is 0 Å². The molecule has 93 heavy (non-hydrogen) atoms. The molecule has 0 spiro atoms. The highest BCUT2D eigenvalue weighted by molar-refractivity contribution is 5.72. The van der Waals surface area contributed by atoms with Crippen LogP contribution in [0.25, 0.3) is 0 Å². The molecule has 0 saturated carbocycles. The van der Waals surface area contributed by atoms with Gasteiger partial charge < -0.3 is 23.7 Å². The second-order valence-corrected chi connectivity index (χ2v) is 38.1. The van der Waals surface area contributed by atoms with Crippen LogP contribution in [0.2, 0.25) is 0 Å². The maximum absolute atomic E-state index is 11.0. The minimum Gasteiger partial charge on any atom is -0.466 e. The molecule has 0 fully saturated rings. The van der Waals surface area contributed by atoms with Gasteiger partial charge in [-0.2, -0.15) is 0 Å². The smallest absolute Gasteiger partial charge is 0.308 e. The Balaban J connectivity index is -0.000000123. The number of carbonyl (C=O) groups excluding carboxylic acids is 5. The average molecular weight is 1330 g/mol. The molecule has 1 unspecified atom stereocenters. The van der Waals surface area contributed by atoms with Crippen molar-refractivity contribution in [2.45, 2.75) is 412 Å². The van der Waals surface area contributed by atoms with Gasteiger partial charge in [-0.25, -0.2) is 0 Å². The van der Waals surface area contributed by atoms with Gasteiger partial charge >= 0.3 is 29.8 Å². The molecular formula is C83H174O10. The number of unbranched alkanes of at least 4 members (excludes halogenated alkanes) is 1. The number of hydrogen-bond acceptors (Lipinski definition) is 10. The van der Waals surface area contributed by atoms with Gasteiger partial charge in [0.05, 0.1) is 44.4 Å². The predicted octanol–water partition coefficient (Wildman–Crippen LogP) is 26.5. The fourth-order valence-electron chi connectivity index (χ4n) is 7.44. The fraction of sp³-hybridized carbons (Fsp3) is 0.940. The minimum absolute atomic E-state index is 0.00497. The maximum Gasteiger partial charge on any atom is 0.308 e. The van der Waals surface area contributed by atoms with Crippen LogP contribution in [0.4, 0.5) is 0 Å². The number of ether oxygens (including phenoxy) is 5. The number of rotatable bonds is 24. The molecule has 0 rings (SSSR count). The van der Waals surface area contributed by atoms with Crippen molar-refractivity contribution in [2.75, 3.05) is 26.4 Å². The number of carbonyl (C=O) groups is 5. The molecule has 0 saturated heterocycles. The van der Waals surface area contributed by atoms with E-state index in [4.69, 9.17) is 23.7 Å². The molecule has 0 radical (unpaired) electrons. The lowest BCUT2D eigenvalue weighted by atomic mass is 9.86. The summed E-state index contributed by atoms with van der Waals surface area (Å²) < 4.78 is 25.1. The first-order valence-corrected chi connectivity index (χ1v) is 37.2. The summed E-state index contributed by atoms with van der Waals surface area (Å²) in [6, 6.07) is 0. The van der Waals surface area contributed by atoms with Gasteiger partial charge in [-0.15, -0.1) is 0 Å². The van der Waals surface area contributed by atoms with Crippen molar-refractivity contribution < 1.29 is 47.7 Å². The molecule has 0 aliphatic carbocycles. The standard InChI is InChI=1S/2C11H22O2.2C10H20O2.C9H18O2.C9H20.2C8H18.C7H16/c1-9(2)10(12)13-8-6-7-11(3,4)5;1-6-10(12)13-9(2)7-8-11(3,4)5;1-8(2)9(11)12-7-6-10(3,4)5;1-5-9(11)12-8-6-7-10(2,3)4;1-5-8(10)11-7-6-9(2,3)4;1-8(2)6-7-9(3,4)5;1-7(2)6-8(3,4)5;1-5-6-7-8(2,3)4;1-5-6-7(2,3)4/h2*9H,6-8H2,1-5H3;8H,6-7H2,1-5H3;5-8H2,1-4H3;5-7H2,1-4H3;8H,6-7H2,1-5H3;7H,6H2,1-5H3;5-7H2,1-4H3;5-6H2,1-4H3. The molecule has 0 N–H and O–H groups in total. The molecule has 10 nitrogen and oxygen atoms in total. The fourth-order valence-corrected chi connectivity index (χ4v) is 7.44. The van der Waals surface area contributed by atoms with Crippen molar-refractivity contribution in [3.05, 3.63) is 0 Å². The summed E-state index contributed by atoms with van der Waals surface area (Å²) in [4.78, 5) is 54.4. The van der Waals surface area contributed by atoms with Gasteiger partial charge in [0.2, 0.25) is 0 Å². The van der Waals surface area contributed by atoms with Gasteiger partial charge in [0.15, 0.2) is 0 Å². The van der Waals surface area contributed by atoms with Gasteiger partial charge in [0.1, 0.15) is 0 Å². The SMILES string of the molecule is CC(C)C(=O)OCCC(C)(C)C.CC(C)C(=O)OCCCC(C)(C)C.CC(C)CC(C)(C)C.CC(C)CCC(C)(C)C.CCC(=O)OC(C)CCC(C)(C)C.CCC(=O)OCCC(C)(C)C.CCC(=O)OCCCC(C)(C)C.CCCC(C)(C)C.CCCCC(C)(C)C. The lowest BCUT2D eigenvalue weighted by Crippen LogP contribution is -2.17. The van der Waals surface area contributed by atoms with E-state index in [2.05, 4.69) is 228 Å². The van der Waals surface area contributed by atoms with Crippen molar-refractivity contribution in [2.24, 2.45) is 72.4 Å². The van der Waals surface area contributed by atoms with Crippen molar-refractivity contribution in [3.63, 3.8) is 0 Å². The quantitative estimate of drug-likeness (QED) is 0.0523. The molecule has 0 aliphatic rings. The van der Waals surface area contributed by atoms with Gasteiger partial charge in [-0.3, -0.25) is 24.0 Å². The zero-order valence-corrected chi connectivity index (χ0v) is 71.2. The van der Waals surface area contributed by atoms with Crippen LogP contribution in [-0.4, -0.2) is 62.4 Å². The van der Waals surface area contributed by atoms with Crippen molar-refractivity contribution in [1.82, 2.24) is 0 Å². The second-order valence-electron chi connectivity index (χ2n) is 38.1. The van der Waals surface area contributed by atoms with Crippen LogP contribution in [0.5, 0.6) is 0 Å². The van der Waals surface area contributed by atoms with E-state index in [0.29, 0.717) is 83.6 Å². The summed E-state index contributed by atoms with van der Waals surface area (Å²) in [6.07, 6.45) is 20.3. The van der Waals surface area contributed by atoms with Crippen molar-refractivity contribution >= 4 is 29.8 Å². The summed E-state index contributed by atoms with van der Waals surface area (Å²) in [5.41, 5.74) is 3.67. The molecule has 10 heteroatoms. The molecule has 566 valence electrons. The van der Waals surface area contributed by atoms with Crippen LogP contribution < -0.4 is 0 Å². The van der Waals surface area contributed by atoms with E-state index in [0.717, 1.165) is 63.2 Å². The lowest BCUT2D eigenvalue weighted by molar-refractivity contribution is -0.149. The first-order valence-electron chi connectivity index (χ1n) is 37.2. The highest BCUT2D eigenvalue weighted by atomic mass is 16.5. The predicted molar refractivity (Wildman–Crippen MR) is 410 cm³/mol. The van der Waals surface area contributed by atoms with E-state index in [1.165, 1.54) is 51.4 Å². The third kappa shape index (κ3) is 134. The van der Waals surface area contributed by atoms with E-state index >= 15 is 0 Å². The van der Waals surface area contributed by atoms with Crippen LogP contribution in [-0.2, 0) is 47.7 Å².